The fraction of sp³-hybridized carbons (Fsp3) is 0.444. The molecule has 1 aromatic carbocycles. The van der Waals surface area contributed by atoms with Gasteiger partial charge in [0.15, 0.2) is 0 Å². The predicted octanol–water partition coefficient (Wildman–Crippen LogP) is 3.38. The molecule has 0 aliphatic carbocycles. The number of ether oxygens (including phenoxy) is 1. The average Bonchev–Trinajstić information content (AvgIpc) is 2.99. The first kappa shape index (κ1) is 16.1. The summed E-state index contributed by atoms with van der Waals surface area (Å²) < 4.78 is 5.68. The van der Waals surface area contributed by atoms with Gasteiger partial charge in [0.2, 0.25) is 5.91 Å². The Labute approximate surface area is 141 Å². The lowest BCUT2D eigenvalue weighted by molar-refractivity contribution is -0.152. The molecule has 1 saturated heterocycles. The molecule has 23 heavy (non-hydrogen) atoms. The molecular weight excluding hydrogens is 308 g/mol. The second kappa shape index (κ2) is 6.42. The maximum absolute atomic E-state index is 12.7. The van der Waals surface area contributed by atoms with Gasteiger partial charge in [-0.05, 0) is 20.8 Å². The number of morpholine rings is 1. The summed E-state index contributed by atoms with van der Waals surface area (Å²) in [5.74, 6) is 0.120. The van der Waals surface area contributed by atoms with E-state index in [-0.39, 0.29) is 17.6 Å². The fourth-order valence-electron chi connectivity index (χ4n) is 2.77. The molecule has 3 rings (SSSR count). The van der Waals surface area contributed by atoms with Crippen molar-refractivity contribution in [3.8, 4) is 10.6 Å². The molecule has 1 aromatic heterocycles. The van der Waals surface area contributed by atoms with Crippen molar-refractivity contribution in [2.45, 2.75) is 38.8 Å². The van der Waals surface area contributed by atoms with E-state index in [2.05, 4.69) is 4.98 Å². The molecule has 1 unspecified atom stereocenters. The lowest BCUT2D eigenvalue weighted by Gasteiger charge is -2.44. The Morgan fingerprint density at radius 3 is 2.87 bits per heavy atom. The molecule has 0 N–H and O–H groups in total. The number of hydrogen-bond donors (Lipinski definition) is 0. The van der Waals surface area contributed by atoms with Gasteiger partial charge in [-0.15, -0.1) is 11.3 Å². The van der Waals surface area contributed by atoms with E-state index in [1.54, 1.807) is 11.3 Å². The van der Waals surface area contributed by atoms with Crippen LogP contribution in [-0.2, 0) is 16.0 Å². The minimum absolute atomic E-state index is 0.0855. The Morgan fingerprint density at radius 1 is 1.39 bits per heavy atom. The van der Waals surface area contributed by atoms with Crippen LogP contribution in [-0.4, -0.2) is 40.6 Å². The van der Waals surface area contributed by atoms with Crippen LogP contribution < -0.4 is 0 Å². The van der Waals surface area contributed by atoms with E-state index < -0.39 is 0 Å². The number of rotatable bonds is 3. The Balaban J connectivity index is 1.72. The number of hydrogen-bond acceptors (Lipinski definition) is 4. The van der Waals surface area contributed by atoms with Crippen LogP contribution in [0.4, 0.5) is 0 Å². The minimum Gasteiger partial charge on any atom is -0.374 e. The lowest BCUT2D eigenvalue weighted by atomic mass is 10.00. The van der Waals surface area contributed by atoms with Crippen molar-refractivity contribution in [2.24, 2.45) is 0 Å². The summed E-state index contributed by atoms with van der Waals surface area (Å²) in [6, 6.07) is 10.1. The van der Waals surface area contributed by atoms with E-state index in [0.717, 1.165) is 16.3 Å². The molecule has 2 heterocycles. The van der Waals surface area contributed by atoms with Crippen LogP contribution in [0.25, 0.3) is 10.6 Å². The van der Waals surface area contributed by atoms with Crippen LogP contribution in [0.5, 0.6) is 0 Å². The second-order valence-corrected chi connectivity index (χ2v) is 7.48. The third kappa shape index (κ3) is 3.62. The highest BCUT2D eigenvalue weighted by atomic mass is 32.1. The highest BCUT2D eigenvalue weighted by Crippen LogP contribution is 2.26. The summed E-state index contributed by atoms with van der Waals surface area (Å²) in [7, 11) is 0. The van der Waals surface area contributed by atoms with Crippen molar-refractivity contribution in [3.63, 3.8) is 0 Å². The quantitative estimate of drug-likeness (QED) is 0.866. The topological polar surface area (TPSA) is 42.4 Å². The number of amides is 1. The van der Waals surface area contributed by atoms with Gasteiger partial charge in [-0.25, -0.2) is 4.98 Å². The van der Waals surface area contributed by atoms with Gasteiger partial charge in [-0.3, -0.25) is 4.79 Å². The summed E-state index contributed by atoms with van der Waals surface area (Å²) in [6.07, 6.45) is 0.432. The van der Waals surface area contributed by atoms with Crippen molar-refractivity contribution in [1.29, 1.82) is 0 Å². The molecule has 1 aliphatic rings. The molecule has 0 radical (unpaired) electrons. The first-order chi connectivity index (χ1) is 11.0. The molecule has 1 amide bonds. The summed E-state index contributed by atoms with van der Waals surface area (Å²) in [6.45, 7) is 7.32. The number of thiazole rings is 1. The molecule has 0 saturated carbocycles. The van der Waals surface area contributed by atoms with Gasteiger partial charge in [-0.2, -0.15) is 0 Å². The highest BCUT2D eigenvalue weighted by molar-refractivity contribution is 7.13. The number of aromatic nitrogens is 1. The van der Waals surface area contributed by atoms with Gasteiger partial charge in [-0.1, -0.05) is 30.3 Å². The first-order valence-electron chi connectivity index (χ1n) is 7.87. The van der Waals surface area contributed by atoms with Crippen LogP contribution in [0.15, 0.2) is 35.7 Å². The van der Waals surface area contributed by atoms with Gasteiger partial charge in [0.1, 0.15) is 5.01 Å². The molecule has 4 nitrogen and oxygen atoms in total. The summed E-state index contributed by atoms with van der Waals surface area (Å²) >= 11 is 1.59. The third-order valence-corrected chi connectivity index (χ3v) is 5.04. The van der Waals surface area contributed by atoms with Crippen molar-refractivity contribution in [2.75, 3.05) is 13.2 Å². The largest absolute Gasteiger partial charge is 0.374 e. The Hall–Kier alpha value is -1.72. The maximum Gasteiger partial charge on any atom is 0.229 e. The van der Waals surface area contributed by atoms with Gasteiger partial charge < -0.3 is 9.64 Å². The number of benzene rings is 1. The normalized spacial score (nSPS) is 20.5. The van der Waals surface area contributed by atoms with Crippen LogP contribution >= 0.6 is 11.3 Å². The van der Waals surface area contributed by atoms with Gasteiger partial charge in [0.25, 0.3) is 0 Å². The number of carbonyl (C=O) groups excluding carboxylic acids is 1. The zero-order chi connectivity index (χ0) is 16.4. The van der Waals surface area contributed by atoms with Crippen molar-refractivity contribution < 1.29 is 9.53 Å². The minimum atomic E-state index is -0.262. The van der Waals surface area contributed by atoms with Gasteiger partial charge >= 0.3 is 0 Å². The molecule has 0 spiro atoms. The van der Waals surface area contributed by atoms with E-state index in [1.165, 1.54) is 0 Å². The standard InChI is InChI=1S/C18H22N2O2S/c1-13-10-20(18(2,3)12-22-13)16(21)9-15-11-23-17(19-15)14-7-5-4-6-8-14/h4-8,11,13H,9-10,12H2,1-3H3. The molecule has 0 bridgehead atoms. The molecule has 5 heteroatoms. The summed E-state index contributed by atoms with van der Waals surface area (Å²) in [5, 5.41) is 2.94. The SMILES string of the molecule is CC1CN(C(=O)Cc2csc(-c3ccccc3)n2)C(C)(C)CO1. The summed E-state index contributed by atoms with van der Waals surface area (Å²) in [4.78, 5) is 19.3. The molecular formula is C18H22N2O2S. The van der Waals surface area contributed by atoms with Gasteiger partial charge in [0.05, 0.1) is 30.4 Å². The predicted molar refractivity (Wildman–Crippen MR) is 92.5 cm³/mol. The summed E-state index contributed by atoms with van der Waals surface area (Å²) in [5.41, 5.74) is 1.67. The smallest absolute Gasteiger partial charge is 0.229 e. The molecule has 1 fully saturated rings. The Bertz CT molecular complexity index is 681. The molecule has 1 aliphatic heterocycles. The number of nitrogens with zero attached hydrogens (tertiary/aromatic N) is 2. The zero-order valence-corrected chi connectivity index (χ0v) is 14.6. The third-order valence-electron chi connectivity index (χ3n) is 4.10. The van der Waals surface area contributed by atoms with Crippen molar-refractivity contribution >= 4 is 17.2 Å². The fourth-order valence-corrected chi connectivity index (χ4v) is 3.60. The number of carbonyl (C=O) groups is 1. The van der Waals surface area contributed by atoms with E-state index in [4.69, 9.17) is 4.74 Å². The zero-order valence-electron chi connectivity index (χ0n) is 13.8. The average molecular weight is 330 g/mol. The van der Waals surface area contributed by atoms with E-state index in [0.29, 0.717) is 19.6 Å². The van der Waals surface area contributed by atoms with Crippen molar-refractivity contribution in [1.82, 2.24) is 9.88 Å². The van der Waals surface area contributed by atoms with E-state index >= 15 is 0 Å². The lowest BCUT2D eigenvalue weighted by Crippen LogP contribution is -2.58. The monoisotopic (exact) mass is 330 g/mol. The highest BCUT2D eigenvalue weighted by Gasteiger charge is 2.36. The Kier molecular flexibility index (Phi) is 4.50. The Morgan fingerprint density at radius 2 is 2.13 bits per heavy atom. The maximum atomic E-state index is 12.7. The van der Waals surface area contributed by atoms with Gasteiger partial charge in [0, 0.05) is 17.5 Å². The molecule has 2 aromatic rings. The van der Waals surface area contributed by atoms with Crippen LogP contribution in [0, 0.1) is 0 Å². The van der Waals surface area contributed by atoms with Crippen LogP contribution in [0.2, 0.25) is 0 Å². The van der Waals surface area contributed by atoms with E-state index in [1.807, 2.05) is 61.4 Å². The molecule has 122 valence electrons. The van der Waals surface area contributed by atoms with Crippen LogP contribution in [0.1, 0.15) is 26.5 Å². The second-order valence-electron chi connectivity index (χ2n) is 6.63. The molecule has 1 atom stereocenters. The first-order valence-corrected chi connectivity index (χ1v) is 8.75. The van der Waals surface area contributed by atoms with Crippen LogP contribution in [0.3, 0.4) is 0 Å². The van der Waals surface area contributed by atoms with Crippen molar-refractivity contribution in [3.05, 3.63) is 41.4 Å². The van der Waals surface area contributed by atoms with E-state index in [9.17, 15) is 4.79 Å².